The van der Waals surface area contributed by atoms with E-state index in [2.05, 4.69) is 20.7 Å². The molecule has 1 unspecified atom stereocenters. The Morgan fingerprint density at radius 2 is 2.00 bits per heavy atom. The Balaban J connectivity index is 2.96. The molecule has 0 aliphatic heterocycles. The van der Waals surface area contributed by atoms with Crippen molar-refractivity contribution in [3.05, 3.63) is 34.9 Å². The Kier molecular flexibility index (Phi) is 3.69. The second kappa shape index (κ2) is 4.60. The fourth-order valence-electron chi connectivity index (χ4n) is 1.16. The first-order chi connectivity index (χ1) is 6.56. The highest BCUT2D eigenvalue weighted by atomic mass is 79.9. The summed E-state index contributed by atoms with van der Waals surface area (Å²) in [6.45, 7) is 4.07. The van der Waals surface area contributed by atoms with Crippen molar-refractivity contribution in [3.8, 4) is 0 Å². The number of alkyl halides is 1. The van der Waals surface area contributed by atoms with Crippen molar-refractivity contribution < 1.29 is 9.53 Å². The molecular weight excluding hydrogens is 244 g/mol. The molecule has 1 rings (SSSR count). The standard InChI is InChI=1S/C11H13BrO2/c1-7-4-5-9(6-8(7)2)10(12)11(13)14-3/h4-6,10H,1-3H3. The Morgan fingerprint density at radius 3 is 2.50 bits per heavy atom. The minimum absolute atomic E-state index is 0.270. The fraction of sp³-hybridized carbons (Fsp3) is 0.364. The number of halogens is 1. The van der Waals surface area contributed by atoms with Gasteiger partial charge in [-0.05, 0) is 30.5 Å². The summed E-state index contributed by atoms with van der Waals surface area (Å²) < 4.78 is 4.65. The molecule has 0 radical (unpaired) electrons. The normalized spacial score (nSPS) is 12.3. The maximum Gasteiger partial charge on any atom is 0.323 e. The third kappa shape index (κ3) is 2.35. The number of benzene rings is 1. The van der Waals surface area contributed by atoms with Gasteiger partial charge in [0.1, 0.15) is 4.83 Å². The minimum Gasteiger partial charge on any atom is -0.468 e. The van der Waals surface area contributed by atoms with Crippen LogP contribution in [-0.4, -0.2) is 13.1 Å². The average Bonchev–Trinajstić information content (AvgIpc) is 2.20. The quantitative estimate of drug-likeness (QED) is 0.601. The van der Waals surface area contributed by atoms with Gasteiger partial charge < -0.3 is 4.74 Å². The first kappa shape index (κ1) is 11.2. The second-order valence-corrected chi connectivity index (χ2v) is 4.15. The number of rotatable bonds is 2. The van der Waals surface area contributed by atoms with Crippen LogP contribution in [-0.2, 0) is 9.53 Å². The van der Waals surface area contributed by atoms with Gasteiger partial charge >= 0.3 is 5.97 Å². The highest BCUT2D eigenvalue weighted by Gasteiger charge is 2.17. The third-order valence-corrected chi connectivity index (χ3v) is 3.13. The van der Waals surface area contributed by atoms with Gasteiger partial charge in [-0.3, -0.25) is 4.79 Å². The molecule has 3 heteroatoms. The van der Waals surface area contributed by atoms with E-state index in [0.29, 0.717) is 0 Å². The largest absolute Gasteiger partial charge is 0.468 e. The summed E-state index contributed by atoms with van der Waals surface area (Å²) in [7, 11) is 1.39. The highest BCUT2D eigenvalue weighted by Crippen LogP contribution is 2.25. The number of hydrogen-bond donors (Lipinski definition) is 0. The molecule has 1 atom stereocenters. The smallest absolute Gasteiger partial charge is 0.323 e. The molecule has 0 fully saturated rings. The maximum absolute atomic E-state index is 11.2. The molecule has 76 valence electrons. The molecule has 0 aromatic heterocycles. The molecule has 0 heterocycles. The lowest BCUT2D eigenvalue weighted by atomic mass is 10.0. The monoisotopic (exact) mass is 256 g/mol. The van der Waals surface area contributed by atoms with E-state index in [0.717, 1.165) is 5.56 Å². The van der Waals surface area contributed by atoms with E-state index in [1.165, 1.54) is 18.2 Å². The van der Waals surface area contributed by atoms with Crippen LogP contribution in [0.3, 0.4) is 0 Å². The predicted octanol–water partition coefficient (Wildman–Crippen LogP) is 2.91. The van der Waals surface area contributed by atoms with Gasteiger partial charge in [-0.15, -0.1) is 0 Å². The number of esters is 1. The molecule has 0 aliphatic rings. The molecule has 1 aromatic carbocycles. The van der Waals surface area contributed by atoms with E-state index >= 15 is 0 Å². The zero-order chi connectivity index (χ0) is 10.7. The van der Waals surface area contributed by atoms with Gasteiger partial charge in [-0.25, -0.2) is 0 Å². The van der Waals surface area contributed by atoms with E-state index < -0.39 is 0 Å². The zero-order valence-electron chi connectivity index (χ0n) is 8.50. The first-order valence-electron chi connectivity index (χ1n) is 4.35. The Labute approximate surface area is 92.4 Å². The molecule has 1 aromatic rings. The Bertz CT molecular complexity index is 347. The van der Waals surface area contributed by atoms with Crippen molar-refractivity contribution in [2.45, 2.75) is 18.7 Å². The maximum atomic E-state index is 11.2. The van der Waals surface area contributed by atoms with Crippen LogP contribution in [0.5, 0.6) is 0 Å². The highest BCUT2D eigenvalue weighted by molar-refractivity contribution is 9.09. The molecule has 0 saturated carbocycles. The molecule has 0 saturated heterocycles. The van der Waals surface area contributed by atoms with Crippen LogP contribution in [0, 0.1) is 13.8 Å². The van der Waals surface area contributed by atoms with Crippen molar-refractivity contribution in [1.29, 1.82) is 0 Å². The molecule has 2 nitrogen and oxygen atoms in total. The summed E-state index contributed by atoms with van der Waals surface area (Å²) in [5.41, 5.74) is 3.33. The lowest BCUT2D eigenvalue weighted by Crippen LogP contribution is -2.08. The molecular formula is C11H13BrO2. The molecule has 14 heavy (non-hydrogen) atoms. The molecule has 0 aliphatic carbocycles. The molecule has 0 amide bonds. The summed E-state index contributed by atoms with van der Waals surface area (Å²) in [6.07, 6.45) is 0. The van der Waals surface area contributed by atoms with Crippen LogP contribution < -0.4 is 0 Å². The molecule has 0 bridgehead atoms. The Morgan fingerprint density at radius 1 is 1.36 bits per heavy atom. The lowest BCUT2D eigenvalue weighted by molar-refractivity contribution is -0.139. The van der Waals surface area contributed by atoms with Gasteiger partial charge in [0.25, 0.3) is 0 Å². The summed E-state index contributed by atoms with van der Waals surface area (Å²) in [5.74, 6) is -0.270. The van der Waals surface area contributed by atoms with Crippen LogP contribution in [0.25, 0.3) is 0 Å². The van der Waals surface area contributed by atoms with Gasteiger partial charge in [-0.1, -0.05) is 34.1 Å². The Hall–Kier alpha value is -0.830. The zero-order valence-corrected chi connectivity index (χ0v) is 10.1. The van der Waals surface area contributed by atoms with Crippen LogP contribution in [0.1, 0.15) is 21.5 Å². The second-order valence-electron chi connectivity index (χ2n) is 3.23. The van der Waals surface area contributed by atoms with Gasteiger partial charge in [-0.2, -0.15) is 0 Å². The topological polar surface area (TPSA) is 26.3 Å². The fourth-order valence-corrected chi connectivity index (χ4v) is 1.63. The van der Waals surface area contributed by atoms with Gasteiger partial charge in [0, 0.05) is 0 Å². The van der Waals surface area contributed by atoms with E-state index in [-0.39, 0.29) is 10.8 Å². The summed E-state index contributed by atoms with van der Waals surface area (Å²) in [6, 6.07) is 5.92. The SMILES string of the molecule is COC(=O)C(Br)c1ccc(C)c(C)c1. The van der Waals surface area contributed by atoms with Crippen molar-refractivity contribution in [2.24, 2.45) is 0 Å². The van der Waals surface area contributed by atoms with Crippen LogP contribution in [0.4, 0.5) is 0 Å². The summed E-state index contributed by atoms with van der Waals surface area (Å²) >= 11 is 3.30. The van der Waals surface area contributed by atoms with Crippen molar-refractivity contribution in [1.82, 2.24) is 0 Å². The van der Waals surface area contributed by atoms with Crippen molar-refractivity contribution >= 4 is 21.9 Å². The van der Waals surface area contributed by atoms with Gasteiger partial charge in [0.15, 0.2) is 0 Å². The van der Waals surface area contributed by atoms with E-state index in [9.17, 15) is 4.79 Å². The van der Waals surface area contributed by atoms with E-state index in [1.807, 2.05) is 32.0 Å². The van der Waals surface area contributed by atoms with Crippen LogP contribution >= 0.6 is 15.9 Å². The number of carbonyl (C=O) groups is 1. The predicted molar refractivity (Wildman–Crippen MR) is 59.6 cm³/mol. The van der Waals surface area contributed by atoms with E-state index in [1.54, 1.807) is 0 Å². The number of methoxy groups -OCH3 is 1. The van der Waals surface area contributed by atoms with E-state index in [4.69, 9.17) is 0 Å². The molecule has 0 spiro atoms. The number of aryl methyl sites for hydroxylation is 2. The number of carbonyl (C=O) groups excluding carboxylic acids is 1. The summed E-state index contributed by atoms with van der Waals surface area (Å²) in [4.78, 5) is 10.9. The van der Waals surface area contributed by atoms with Crippen LogP contribution in [0.15, 0.2) is 18.2 Å². The van der Waals surface area contributed by atoms with Gasteiger partial charge in [0.2, 0.25) is 0 Å². The number of hydrogen-bond acceptors (Lipinski definition) is 2. The van der Waals surface area contributed by atoms with Crippen molar-refractivity contribution in [2.75, 3.05) is 7.11 Å². The van der Waals surface area contributed by atoms with Crippen molar-refractivity contribution in [3.63, 3.8) is 0 Å². The third-order valence-electron chi connectivity index (χ3n) is 2.23. The average molecular weight is 257 g/mol. The number of ether oxygens (including phenoxy) is 1. The van der Waals surface area contributed by atoms with Crippen LogP contribution in [0.2, 0.25) is 0 Å². The van der Waals surface area contributed by atoms with Gasteiger partial charge in [0.05, 0.1) is 7.11 Å². The summed E-state index contributed by atoms with van der Waals surface area (Å²) in [5, 5.41) is 0. The molecule has 0 N–H and O–H groups in total. The lowest BCUT2D eigenvalue weighted by Gasteiger charge is -2.09. The minimum atomic E-state index is -0.369. The first-order valence-corrected chi connectivity index (χ1v) is 5.27.